The van der Waals surface area contributed by atoms with E-state index >= 15 is 0 Å². The van der Waals surface area contributed by atoms with E-state index in [4.69, 9.17) is 0 Å². The van der Waals surface area contributed by atoms with Gasteiger partial charge in [-0.25, -0.2) is 0 Å². The number of hydrogen-bond acceptors (Lipinski definition) is 2. The third-order valence-corrected chi connectivity index (χ3v) is 7.59. The number of hydrogen-bond donors (Lipinski definition) is 1. The van der Waals surface area contributed by atoms with Gasteiger partial charge in [0.15, 0.2) is 0 Å². The molecule has 0 fully saturated rings. The van der Waals surface area contributed by atoms with Crippen molar-refractivity contribution in [2.24, 2.45) is 0 Å². The molecule has 8 rings (SSSR count). The standard InChI is InChI=1S/C26H23N.C8H9N/c1-18-9-10-19(17-27-18)11-12-21-6-4-8-24-23(21)15-16-25-22-7-3-2-5-20(22)13-14-26(24)25;1-3-8-4-2-7(1)5-6-9-8/h2,4-6,8-14,17H,3,7,15-16H2,1H3;1,3,5-6,9H,2,4H2/b12-11+;. The Morgan fingerprint density at radius 1 is 0.778 bits per heavy atom. The second-order valence-electron chi connectivity index (χ2n) is 9.95. The molecule has 1 aromatic heterocycles. The molecule has 0 spiro atoms. The van der Waals surface area contributed by atoms with Crippen molar-refractivity contribution in [2.45, 2.75) is 45.4 Å². The molecule has 3 aliphatic carbocycles. The minimum Gasteiger partial charge on any atom is -0.365 e. The summed E-state index contributed by atoms with van der Waals surface area (Å²) in [6, 6.07) is 15.6. The Bertz CT molecular complexity index is 1450. The van der Waals surface area contributed by atoms with Crippen LogP contribution in [0, 0.1) is 6.92 Å². The predicted molar refractivity (Wildman–Crippen MR) is 152 cm³/mol. The summed E-state index contributed by atoms with van der Waals surface area (Å²) in [6.07, 6.45) is 26.4. The van der Waals surface area contributed by atoms with Crippen LogP contribution in [0.2, 0.25) is 0 Å². The number of pyridine rings is 1. The third kappa shape index (κ3) is 4.64. The zero-order chi connectivity index (χ0) is 24.3. The van der Waals surface area contributed by atoms with E-state index in [2.05, 4.69) is 95.3 Å². The summed E-state index contributed by atoms with van der Waals surface area (Å²) in [5.74, 6) is 0. The van der Waals surface area contributed by atoms with Gasteiger partial charge in [0, 0.05) is 23.8 Å². The molecular weight excluding hydrogens is 436 g/mol. The number of benzene rings is 2. The van der Waals surface area contributed by atoms with E-state index < -0.39 is 0 Å². The maximum absolute atomic E-state index is 4.39. The van der Waals surface area contributed by atoms with Crippen molar-refractivity contribution < 1.29 is 0 Å². The third-order valence-electron chi connectivity index (χ3n) is 7.59. The molecule has 5 aliphatic rings. The van der Waals surface area contributed by atoms with Crippen LogP contribution in [-0.4, -0.2) is 4.98 Å². The molecular formula is C34H32N2. The molecule has 2 heteroatoms. The minimum absolute atomic E-state index is 1.05. The molecule has 178 valence electrons. The van der Waals surface area contributed by atoms with Crippen LogP contribution in [0.4, 0.5) is 0 Å². The Hall–Kier alpha value is -3.91. The molecule has 3 aromatic rings. The fraction of sp³-hybridized carbons (Fsp3) is 0.206. The van der Waals surface area contributed by atoms with E-state index in [1.54, 1.807) is 11.1 Å². The number of fused-ring (bicyclic) bond motifs is 8. The number of aryl methyl sites for hydroxylation is 1. The van der Waals surface area contributed by atoms with E-state index in [-0.39, 0.29) is 0 Å². The van der Waals surface area contributed by atoms with Crippen molar-refractivity contribution >= 4 is 18.2 Å². The summed E-state index contributed by atoms with van der Waals surface area (Å²) < 4.78 is 0. The van der Waals surface area contributed by atoms with Gasteiger partial charge in [-0.3, -0.25) is 4.98 Å². The van der Waals surface area contributed by atoms with Gasteiger partial charge in [-0.05, 0) is 114 Å². The zero-order valence-corrected chi connectivity index (χ0v) is 20.9. The molecule has 0 unspecified atom stereocenters. The Balaban J connectivity index is 0.000000223. The van der Waals surface area contributed by atoms with Crippen molar-refractivity contribution in [3.63, 3.8) is 0 Å². The molecule has 2 bridgehead atoms. The van der Waals surface area contributed by atoms with Crippen molar-refractivity contribution in [3.05, 3.63) is 130 Å². The summed E-state index contributed by atoms with van der Waals surface area (Å²) >= 11 is 0. The van der Waals surface area contributed by atoms with Gasteiger partial charge in [-0.1, -0.05) is 66.8 Å². The number of allylic oxidation sites excluding steroid dienone is 6. The lowest BCUT2D eigenvalue weighted by Crippen LogP contribution is -2.10. The highest BCUT2D eigenvalue weighted by Gasteiger charge is 2.22. The van der Waals surface area contributed by atoms with Crippen LogP contribution >= 0.6 is 0 Å². The molecule has 0 radical (unpaired) electrons. The van der Waals surface area contributed by atoms with Crippen molar-refractivity contribution in [1.29, 1.82) is 0 Å². The summed E-state index contributed by atoms with van der Waals surface area (Å²) in [5.41, 5.74) is 15.2. The maximum atomic E-state index is 4.39. The van der Waals surface area contributed by atoms with Crippen molar-refractivity contribution in [3.8, 4) is 11.1 Å². The summed E-state index contributed by atoms with van der Waals surface area (Å²) in [5, 5.41) is 3.20. The van der Waals surface area contributed by atoms with Gasteiger partial charge in [-0.2, -0.15) is 0 Å². The normalized spacial score (nSPS) is 16.6. The van der Waals surface area contributed by atoms with E-state index in [0.717, 1.165) is 24.1 Å². The van der Waals surface area contributed by atoms with Crippen LogP contribution in [0.25, 0.3) is 29.4 Å². The Labute approximate surface area is 214 Å². The van der Waals surface area contributed by atoms with Gasteiger partial charge in [0.05, 0.1) is 0 Å². The average molecular weight is 469 g/mol. The van der Waals surface area contributed by atoms with E-state index in [0.29, 0.717) is 0 Å². The first-order valence-corrected chi connectivity index (χ1v) is 13.1. The van der Waals surface area contributed by atoms with Crippen LogP contribution in [0.3, 0.4) is 0 Å². The zero-order valence-electron chi connectivity index (χ0n) is 20.9. The van der Waals surface area contributed by atoms with Crippen LogP contribution in [0.15, 0.2) is 90.4 Å². The lowest BCUT2D eigenvalue weighted by Gasteiger charge is -2.26. The lowest BCUT2D eigenvalue weighted by molar-refractivity contribution is 0.874. The van der Waals surface area contributed by atoms with Crippen LogP contribution in [0.1, 0.15) is 58.3 Å². The monoisotopic (exact) mass is 468 g/mol. The first-order valence-electron chi connectivity index (χ1n) is 13.1. The summed E-state index contributed by atoms with van der Waals surface area (Å²) in [6.45, 7) is 2.02. The number of rotatable bonds is 2. The summed E-state index contributed by atoms with van der Waals surface area (Å²) in [7, 11) is 0. The van der Waals surface area contributed by atoms with Crippen LogP contribution in [0.5, 0.6) is 0 Å². The molecule has 2 nitrogen and oxygen atoms in total. The van der Waals surface area contributed by atoms with Gasteiger partial charge in [0.25, 0.3) is 0 Å². The fourth-order valence-electron chi connectivity index (χ4n) is 5.61. The largest absolute Gasteiger partial charge is 0.365 e. The smallest absolute Gasteiger partial charge is 0.0373 e. The molecule has 1 N–H and O–H groups in total. The number of nitrogens with one attached hydrogen (secondary N) is 1. The van der Waals surface area contributed by atoms with E-state index in [1.165, 1.54) is 64.8 Å². The Kier molecular flexibility index (Phi) is 6.26. The molecule has 0 saturated carbocycles. The Morgan fingerprint density at radius 2 is 1.69 bits per heavy atom. The topological polar surface area (TPSA) is 24.9 Å². The highest BCUT2D eigenvalue weighted by molar-refractivity contribution is 5.82. The van der Waals surface area contributed by atoms with Gasteiger partial charge < -0.3 is 5.32 Å². The van der Waals surface area contributed by atoms with Gasteiger partial charge in [0.2, 0.25) is 0 Å². The number of nitrogens with zero attached hydrogens (tertiary/aromatic N) is 1. The lowest BCUT2D eigenvalue weighted by atomic mass is 9.78. The Morgan fingerprint density at radius 3 is 2.56 bits per heavy atom. The molecule has 0 saturated heterocycles. The van der Waals surface area contributed by atoms with Gasteiger partial charge in [-0.15, -0.1) is 0 Å². The van der Waals surface area contributed by atoms with Crippen LogP contribution in [-0.2, 0) is 19.3 Å². The molecule has 2 aliphatic heterocycles. The predicted octanol–water partition coefficient (Wildman–Crippen LogP) is 7.99. The number of aromatic nitrogens is 1. The highest BCUT2D eigenvalue weighted by Crippen LogP contribution is 2.39. The molecule has 0 amide bonds. The quantitative estimate of drug-likeness (QED) is 0.412. The van der Waals surface area contributed by atoms with Crippen LogP contribution < -0.4 is 5.32 Å². The SMILES string of the molecule is C1=CC2=CC=C(CC2)N1.Cc1ccc(/C=C/c2cccc3c2CCc2c-3ccc3c2CCC=C3)cn1. The average Bonchev–Trinajstić information content (AvgIpc) is 3.31. The second-order valence-corrected chi connectivity index (χ2v) is 9.95. The highest BCUT2D eigenvalue weighted by atomic mass is 14.9. The van der Waals surface area contributed by atoms with Gasteiger partial charge in [0.1, 0.15) is 0 Å². The first kappa shape index (κ1) is 22.5. The second kappa shape index (κ2) is 9.99. The van der Waals surface area contributed by atoms with E-state index in [9.17, 15) is 0 Å². The minimum atomic E-state index is 1.05. The fourth-order valence-corrected chi connectivity index (χ4v) is 5.61. The van der Waals surface area contributed by atoms with Crippen molar-refractivity contribution in [2.75, 3.05) is 0 Å². The first-order chi connectivity index (χ1) is 17.7. The molecule has 36 heavy (non-hydrogen) atoms. The van der Waals surface area contributed by atoms with Crippen molar-refractivity contribution in [1.82, 2.24) is 10.3 Å². The molecule has 0 atom stereocenters. The maximum Gasteiger partial charge on any atom is 0.0373 e. The molecule has 3 heterocycles. The van der Waals surface area contributed by atoms with Gasteiger partial charge >= 0.3 is 0 Å². The van der Waals surface area contributed by atoms with E-state index in [1.807, 2.05) is 19.3 Å². The summed E-state index contributed by atoms with van der Waals surface area (Å²) in [4.78, 5) is 4.39. The molecule has 2 aromatic carbocycles.